The lowest BCUT2D eigenvalue weighted by molar-refractivity contribution is -0.122. The Hall–Kier alpha value is -1.75. The summed E-state index contributed by atoms with van der Waals surface area (Å²) >= 11 is 0. The van der Waals surface area contributed by atoms with Gasteiger partial charge in [-0.15, -0.1) is 0 Å². The van der Waals surface area contributed by atoms with Crippen molar-refractivity contribution in [3.8, 4) is 5.75 Å². The Labute approximate surface area is 114 Å². The van der Waals surface area contributed by atoms with E-state index in [0.717, 1.165) is 5.69 Å². The first-order chi connectivity index (χ1) is 9.15. The Morgan fingerprint density at radius 1 is 1.42 bits per heavy atom. The molecule has 0 aliphatic rings. The molecule has 0 saturated heterocycles. The largest absolute Gasteiger partial charge is 0.484 e. The van der Waals surface area contributed by atoms with E-state index in [1.54, 1.807) is 7.05 Å². The Balaban J connectivity index is 2.49. The van der Waals surface area contributed by atoms with E-state index in [-0.39, 0.29) is 18.6 Å². The highest BCUT2D eigenvalue weighted by atomic mass is 16.5. The van der Waals surface area contributed by atoms with Gasteiger partial charge in [-0.05, 0) is 26.0 Å². The second-order valence-corrected chi connectivity index (χ2v) is 4.19. The molecule has 0 aromatic heterocycles. The van der Waals surface area contributed by atoms with Crippen LogP contribution in [0.2, 0.25) is 0 Å². The average Bonchev–Trinajstić information content (AvgIpc) is 2.43. The molecule has 106 valence electrons. The highest BCUT2D eigenvalue weighted by Gasteiger charge is 2.04. The normalized spacial score (nSPS) is 11.7. The van der Waals surface area contributed by atoms with Gasteiger partial charge in [-0.2, -0.15) is 0 Å². The first kappa shape index (κ1) is 15.3. The Morgan fingerprint density at radius 3 is 2.89 bits per heavy atom. The fraction of sp³-hybridized carbons (Fsp3) is 0.500. The number of carbonyl (C=O) groups is 1. The molecular weight excluding hydrogens is 244 g/mol. The summed E-state index contributed by atoms with van der Waals surface area (Å²) in [7, 11) is 1.58. The molecule has 0 aliphatic carbocycles. The zero-order chi connectivity index (χ0) is 14.1. The average molecular weight is 266 g/mol. The van der Waals surface area contributed by atoms with Crippen molar-refractivity contribution in [2.75, 3.05) is 32.2 Å². The predicted octanol–water partition coefficient (Wildman–Crippen LogP) is 1.65. The van der Waals surface area contributed by atoms with Crippen LogP contribution in [0.1, 0.15) is 13.8 Å². The Kier molecular flexibility index (Phi) is 6.74. The summed E-state index contributed by atoms with van der Waals surface area (Å²) in [5.41, 5.74) is 0.946. The van der Waals surface area contributed by atoms with Gasteiger partial charge in [0.15, 0.2) is 6.61 Å². The van der Waals surface area contributed by atoms with Crippen LogP contribution in [-0.2, 0) is 9.53 Å². The monoisotopic (exact) mass is 266 g/mol. The number of ether oxygens (including phenoxy) is 2. The van der Waals surface area contributed by atoms with Crippen LogP contribution >= 0.6 is 0 Å². The number of carbonyl (C=O) groups excluding carboxylic acids is 1. The van der Waals surface area contributed by atoms with E-state index in [4.69, 9.17) is 9.47 Å². The number of hydrogen-bond acceptors (Lipinski definition) is 4. The molecule has 1 aromatic rings. The van der Waals surface area contributed by atoms with Crippen molar-refractivity contribution in [2.45, 2.75) is 19.9 Å². The molecule has 1 atom stereocenters. The van der Waals surface area contributed by atoms with Crippen LogP contribution in [0, 0.1) is 0 Å². The third-order valence-electron chi connectivity index (χ3n) is 2.47. The van der Waals surface area contributed by atoms with Gasteiger partial charge in [0.2, 0.25) is 0 Å². The number of nitrogens with one attached hydrogen (secondary N) is 2. The van der Waals surface area contributed by atoms with Crippen molar-refractivity contribution in [3.63, 3.8) is 0 Å². The van der Waals surface area contributed by atoms with Gasteiger partial charge in [-0.25, -0.2) is 0 Å². The van der Waals surface area contributed by atoms with E-state index in [1.807, 2.05) is 38.1 Å². The highest BCUT2D eigenvalue weighted by Crippen LogP contribution is 2.18. The molecule has 0 fully saturated rings. The summed E-state index contributed by atoms with van der Waals surface area (Å²) in [5, 5.41) is 5.82. The van der Waals surface area contributed by atoms with Crippen LogP contribution in [0.5, 0.6) is 5.75 Å². The predicted molar refractivity (Wildman–Crippen MR) is 75.6 cm³/mol. The number of benzene rings is 1. The van der Waals surface area contributed by atoms with E-state index in [9.17, 15) is 4.79 Å². The Bertz CT molecular complexity index is 396. The Morgan fingerprint density at radius 2 is 2.21 bits per heavy atom. The second-order valence-electron chi connectivity index (χ2n) is 4.19. The molecule has 1 unspecified atom stereocenters. The molecule has 1 amide bonds. The minimum absolute atomic E-state index is 0.0223. The van der Waals surface area contributed by atoms with E-state index in [0.29, 0.717) is 19.0 Å². The van der Waals surface area contributed by atoms with Crippen LogP contribution in [0.3, 0.4) is 0 Å². The van der Waals surface area contributed by atoms with Crippen LogP contribution in [0.4, 0.5) is 5.69 Å². The first-order valence-electron chi connectivity index (χ1n) is 6.43. The van der Waals surface area contributed by atoms with Gasteiger partial charge < -0.3 is 20.1 Å². The van der Waals surface area contributed by atoms with Crippen molar-refractivity contribution >= 4 is 11.6 Å². The molecule has 1 aromatic carbocycles. The van der Waals surface area contributed by atoms with Gasteiger partial charge in [-0.1, -0.05) is 6.07 Å². The van der Waals surface area contributed by atoms with Crippen molar-refractivity contribution in [1.29, 1.82) is 0 Å². The molecule has 0 aliphatic heterocycles. The van der Waals surface area contributed by atoms with Crippen molar-refractivity contribution in [1.82, 2.24) is 5.32 Å². The number of likely N-dealkylation sites (N-methyl/N-ethyl adjacent to an activating group) is 1. The summed E-state index contributed by atoms with van der Waals surface area (Å²) in [4.78, 5) is 11.1. The lowest BCUT2D eigenvalue weighted by Gasteiger charge is -2.15. The molecule has 0 heterocycles. The summed E-state index contributed by atoms with van der Waals surface area (Å²) in [6.07, 6.45) is 0. The maximum Gasteiger partial charge on any atom is 0.257 e. The summed E-state index contributed by atoms with van der Waals surface area (Å²) < 4.78 is 10.7. The molecule has 5 nitrogen and oxygen atoms in total. The molecule has 19 heavy (non-hydrogen) atoms. The molecule has 0 radical (unpaired) electrons. The zero-order valence-electron chi connectivity index (χ0n) is 11.7. The summed E-state index contributed by atoms with van der Waals surface area (Å²) in [6.45, 7) is 5.41. The van der Waals surface area contributed by atoms with Crippen LogP contribution in [-0.4, -0.2) is 38.8 Å². The molecule has 1 rings (SSSR count). The maximum atomic E-state index is 11.1. The molecule has 0 saturated carbocycles. The third kappa shape index (κ3) is 6.10. The number of hydrogen-bond donors (Lipinski definition) is 2. The topological polar surface area (TPSA) is 59.6 Å². The quantitative estimate of drug-likeness (QED) is 0.751. The fourth-order valence-corrected chi connectivity index (χ4v) is 1.52. The van der Waals surface area contributed by atoms with Crippen LogP contribution < -0.4 is 15.4 Å². The third-order valence-corrected chi connectivity index (χ3v) is 2.47. The van der Waals surface area contributed by atoms with Gasteiger partial charge in [-0.3, -0.25) is 4.79 Å². The lowest BCUT2D eigenvalue weighted by Crippen LogP contribution is -2.25. The summed E-state index contributed by atoms with van der Waals surface area (Å²) in [5.74, 6) is 0.514. The van der Waals surface area contributed by atoms with E-state index >= 15 is 0 Å². The second kappa shape index (κ2) is 8.37. The SMILES string of the molecule is CCOCC(C)Nc1cccc(OCC(=O)NC)c1. The van der Waals surface area contributed by atoms with Crippen LogP contribution in [0.15, 0.2) is 24.3 Å². The van der Waals surface area contributed by atoms with Gasteiger partial charge in [0.05, 0.1) is 6.61 Å². The van der Waals surface area contributed by atoms with Gasteiger partial charge >= 0.3 is 0 Å². The van der Waals surface area contributed by atoms with E-state index in [2.05, 4.69) is 10.6 Å². The highest BCUT2D eigenvalue weighted by molar-refractivity contribution is 5.77. The fourth-order valence-electron chi connectivity index (χ4n) is 1.52. The maximum absolute atomic E-state index is 11.1. The number of rotatable bonds is 8. The minimum Gasteiger partial charge on any atom is -0.484 e. The first-order valence-corrected chi connectivity index (χ1v) is 6.43. The zero-order valence-corrected chi connectivity index (χ0v) is 11.7. The molecular formula is C14H22N2O3. The van der Waals surface area contributed by atoms with Crippen LogP contribution in [0.25, 0.3) is 0 Å². The number of anilines is 1. The van der Waals surface area contributed by atoms with Gasteiger partial charge in [0.1, 0.15) is 5.75 Å². The molecule has 0 spiro atoms. The van der Waals surface area contributed by atoms with Crippen molar-refractivity contribution < 1.29 is 14.3 Å². The van der Waals surface area contributed by atoms with E-state index < -0.39 is 0 Å². The van der Waals surface area contributed by atoms with Gasteiger partial charge in [0.25, 0.3) is 5.91 Å². The lowest BCUT2D eigenvalue weighted by atomic mass is 10.2. The minimum atomic E-state index is -0.150. The summed E-state index contributed by atoms with van der Waals surface area (Å²) in [6, 6.07) is 7.74. The van der Waals surface area contributed by atoms with Gasteiger partial charge in [0, 0.05) is 31.5 Å². The molecule has 2 N–H and O–H groups in total. The molecule has 5 heteroatoms. The van der Waals surface area contributed by atoms with Crippen molar-refractivity contribution in [2.24, 2.45) is 0 Å². The van der Waals surface area contributed by atoms with Crippen molar-refractivity contribution in [3.05, 3.63) is 24.3 Å². The van der Waals surface area contributed by atoms with E-state index in [1.165, 1.54) is 0 Å². The standard InChI is InChI=1S/C14H22N2O3/c1-4-18-9-11(2)16-12-6-5-7-13(8-12)19-10-14(17)15-3/h5-8,11,16H,4,9-10H2,1-3H3,(H,15,17). The molecule has 0 bridgehead atoms. The number of amides is 1. The smallest absolute Gasteiger partial charge is 0.257 e.